The molecule has 2 fully saturated rings. The largest absolute Gasteiger partial charge is 0.381 e. The lowest BCUT2D eigenvalue weighted by atomic mass is 9.67. The maximum atomic E-state index is 15.3. The Bertz CT molecular complexity index is 1560. The van der Waals surface area contributed by atoms with Gasteiger partial charge in [-0.05, 0) is 79.6 Å². The Morgan fingerprint density at radius 2 is 1.70 bits per heavy atom. The van der Waals surface area contributed by atoms with Crippen molar-refractivity contribution in [3.8, 4) is 0 Å². The third kappa shape index (κ3) is 6.62. The summed E-state index contributed by atoms with van der Waals surface area (Å²) in [5.41, 5.74) is 6.63. The van der Waals surface area contributed by atoms with E-state index in [2.05, 4.69) is 5.32 Å². The van der Waals surface area contributed by atoms with Crippen molar-refractivity contribution in [2.24, 2.45) is 5.73 Å². The number of nitrogens with two attached hydrogens (primary N) is 1. The van der Waals surface area contributed by atoms with Crippen molar-refractivity contribution in [3.63, 3.8) is 0 Å². The fourth-order valence-corrected chi connectivity index (χ4v) is 8.56. The summed E-state index contributed by atoms with van der Waals surface area (Å²) >= 11 is 0. The Hall–Kier alpha value is -3.09. The molecule has 2 aliphatic heterocycles. The number of benzene rings is 3. The topological polar surface area (TPSA) is 102 Å². The third-order valence-corrected chi connectivity index (χ3v) is 11.1. The first-order valence-electron chi connectivity index (χ1n) is 14.9. The summed E-state index contributed by atoms with van der Waals surface area (Å²) in [6, 6.07) is 14.1. The number of sulfonamides is 1. The Labute approximate surface area is 256 Å². The van der Waals surface area contributed by atoms with E-state index in [1.807, 2.05) is 6.92 Å². The first-order chi connectivity index (χ1) is 21.0. The lowest BCUT2D eigenvalue weighted by Gasteiger charge is -2.41. The van der Waals surface area contributed by atoms with Gasteiger partial charge >= 0.3 is 0 Å². The summed E-state index contributed by atoms with van der Waals surface area (Å²) in [5, 5.41) is 3.28. The van der Waals surface area contributed by atoms with E-state index in [1.165, 1.54) is 28.6 Å². The molecule has 3 aromatic carbocycles. The van der Waals surface area contributed by atoms with Gasteiger partial charge in [0.25, 0.3) is 0 Å². The molecule has 2 saturated heterocycles. The van der Waals surface area contributed by atoms with Crippen LogP contribution in [0, 0.1) is 17.5 Å². The van der Waals surface area contributed by atoms with Crippen LogP contribution in [0.1, 0.15) is 42.9 Å². The summed E-state index contributed by atoms with van der Waals surface area (Å²) < 4.78 is 78.0. The SMILES string of the molecule is C[C@H]1CNC[C@H](CCc2c(F)cccc2CC(=O)[C@@H](N)C2(c3cc(F)cc(F)c3)CCOCC2)N1S(=O)(=O)c1ccccc1. The standard InChI is InChI=1S/C33H38F3N3O4S/c1-22-20-38-21-27(39(22)44(41,42)28-7-3-2-4-8-28)10-11-29-23(6-5-9-30(29)36)16-31(40)32(37)33(12-14-43-15-13-33)24-17-25(34)19-26(35)18-24/h2-9,17-19,22,27,32,38H,10-16,20-21,37H2,1H3/t22-,27-,32+/m0/s1. The van der Waals surface area contributed by atoms with Gasteiger partial charge in [0.15, 0.2) is 5.78 Å². The summed E-state index contributed by atoms with van der Waals surface area (Å²) in [5.74, 6) is -2.39. The fourth-order valence-electron chi connectivity index (χ4n) is 6.70. The number of halogens is 3. The summed E-state index contributed by atoms with van der Waals surface area (Å²) in [6.45, 7) is 3.28. The van der Waals surface area contributed by atoms with Crippen LogP contribution in [0.15, 0.2) is 71.6 Å². The summed E-state index contributed by atoms with van der Waals surface area (Å²) in [7, 11) is -3.80. The Balaban J connectivity index is 1.38. The van der Waals surface area contributed by atoms with Crippen LogP contribution in [0.2, 0.25) is 0 Å². The predicted molar refractivity (Wildman–Crippen MR) is 161 cm³/mol. The average Bonchev–Trinajstić information content (AvgIpc) is 3.00. The monoisotopic (exact) mass is 629 g/mol. The van der Waals surface area contributed by atoms with Crippen LogP contribution in [-0.2, 0) is 37.8 Å². The minimum absolute atomic E-state index is 0.181. The molecular weight excluding hydrogens is 591 g/mol. The van der Waals surface area contributed by atoms with E-state index >= 15 is 4.39 Å². The van der Waals surface area contributed by atoms with Gasteiger partial charge in [-0.1, -0.05) is 30.3 Å². The normalized spacial score (nSPS) is 21.6. The number of ketones is 1. The van der Waals surface area contributed by atoms with Crippen molar-refractivity contribution in [3.05, 3.63) is 101 Å². The number of carbonyl (C=O) groups excluding carboxylic acids is 1. The zero-order valence-corrected chi connectivity index (χ0v) is 25.5. The van der Waals surface area contributed by atoms with E-state index in [9.17, 15) is 22.0 Å². The molecular formula is C33H38F3N3O4S. The van der Waals surface area contributed by atoms with Crippen LogP contribution in [0.5, 0.6) is 0 Å². The van der Waals surface area contributed by atoms with Crippen molar-refractivity contribution >= 4 is 15.8 Å². The highest BCUT2D eigenvalue weighted by Crippen LogP contribution is 2.39. The smallest absolute Gasteiger partial charge is 0.243 e. The second kappa shape index (κ2) is 13.5. The third-order valence-electron chi connectivity index (χ3n) is 9.01. The summed E-state index contributed by atoms with van der Waals surface area (Å²) in [4.78, 5) is 13.9. The lowest BCUT2D eigenvalue weighted by molar-refractivity contribution is -0.122. The number of hydrogen-bond acceptors (Lipinski definition) is 6. The zero-order valence-electron chi connectivity index (χ0n) is 24.6. The number of ether oxygens (including phenoxy) is 1. The zero-order chi connectivity index (χ0) is 31.5. The van der Waals surface area contributed by atoms with Gasteiger partial charge in [-0.25, -0.2) is 21.6 Å². The highest BCUT2D eigenvalue weighted by atomic mass is 32.2. The number of rotatable bonds is 10. The molecule has 0 bridgehead atoms. The van der Waals surface area contributed by atoms with Crippen molar-refractivity contribution in [2.75, 3.05) is 26.3 Å². The minimum atomic E-state index is -3.80. The quantitative estimate of drug-likeness (QED) is 0.348. The van der Waals surface area contributed by atoms with Crippen molar-refractivity contribution < 1.29 is 31.1 Å². The van der Waals surface area contributed by atoms with Crippen LogP contribution in [0.25, 0.3) is 0 Å². The van der Waals surface area contributed by atoms with Gasteiger partial charge in [-0.3, -0.25) is 4.79 Å². The predicted octanol–water partition coefficient (Wildman–Crippen LogP) is 4.28. The molecule has 3 N–H and O–H groups in total. The van der Waals surface area contributed by atoms with Gasteiger partial charge in [0.2, 0.25) is 10.0 Å². The average molecular weight is 630 g/mol. The van der Waals surface area contributed by atoms with Crippen LogP contribution in [-0.4, -0.2) is 62.9 Å². The highest BCUT2D eigenvalue weighted by molar-refractivity contribution is 7.89. The van der Waals surface area contributed by atoms with Gasteiger partial charge in [0, 0.05) is 56.3 Å². The van der Waals surface area contributed by atoms with Gasteiger partial charge in [0.1, 0.15) is 17.5 Å². The molecule has 11 heteroatoms. The van der Waals surface area contributed by atoms with Crippen LogP contribution in [0.4, 0.5) is 13.2 Å². The molecule has 0 aliphatic carbocycles. The molecule has 0 amide bonds. The van der Waals surface area contributed by atoms with E-state index in [0.29, 0.717) is 49.0 Å². The Kier molecular flexibility index (Phi) is 9.91. The number of nitrogens with zero attached hydrogens (tertiary/aromatic N) is 1. The van der Waals surface area contributed by atoms with Gasteiger partial charge < -0.3 is 15.8 Å². The first kappa shape index (κ1) is 32.3. The molecule has 7 nitrogen and oxygen atoms in total. The molecule has 3 aromatic rings. The maximum Gasteiger partial charge on any atom is 0.243 e. The lowest BCUT2D eigenvalue weighted by Crippen LogP contribution is -2.58. The minimum Gasteiger partial charge on any atom is -0.381 e. The van der Waals surface area contributed by atoms with Crippen molar-refractivity contribution in [1.29, 1.82) is 0 Å². The highest BCUT2D eigenvalue weighted by Gasteiger charge is 2.44. The maximum absolute atomic E-state index is 15.3. The molecule has 0 spiro atoms. The Morgan fingerprint density at radius 3 is 2.39 bits per heavy atom. The van der Waals surface area contributed by atoms with Gasteiger partial charge in [-0.15, -0.1) is 0 Å². The van der Waals surface area contributed by atoms with Crippen molar-refractivity contribution in [2.45, 2.75) is 67.5 Å². The number of nitrogens with one attached hydrogen (secondary N) is 1. The molecule has 236 valence electrons. The molecule has 2 heterocycles. The fraction of sp³-hybridized carbons (Fsp3) is 0.424. The molecule has 0 unspecified atom stereocenters. The molecule has 5 rings (SSSR count). The molecule has 0 radical (unpaired) electrons. The van der Waals surface area contributed by atoms with Gasteiger partial charge in [-0.2, -0.15) is 4.31 Å². The Morgan fingerprint density at radius 1 is 1.02 bits per heavy atom. The van der Waals surface area contributed by atoms with Gasteiger partial charge in [0.05, 0.1) is 10.9 Å². The van der Waals surface area contributed by atoms with Crippen LogP contribution < -0.4 is 11.1 Å². The van der Waals surface area contributed by atoms with Crippen LogP contribution in [0.3, 0.4) is 0 Å². The van der Waals surface area contributed by atoms with E-state index in [4.69, 9.17) is 10.5 Å². The molecule has 0 aromatic heterocycles. The van der Waals surface area contributed by atoms with Crippen molar-refractivity contribution in [1.82, 2.24) is 9.62 Å². The number of carbonyl (C=O) groups is 1. The molecule has 0 saturated carbocycles. The molecule has 2 aliphatic rings. The van der Waals surface area contributed by atoms with E-state index in [-0.39, 0.29) is 42.8 Å². The first-order valence-corrected chi connectivity index (χ1v) is 16.3. The second-order valence-corrected chi connectivity index (χ2v) is 13.6. The second-order valence-electron chi connectivity index (χ2n) is 11.8. The molecule has 3 atom stereocenters. The van der Waals surface area contributed by atoms with E-state index < -0.39 is 45.0 Å². The number of hydrogen-bond donors (Lipinski definition) is 2. The number of piperazine rings is 1. The van der Waals surface area contributed by atoms with E-state index in [0.717, 1.165) is 6.07 Å². The number of Topliss-reactive ketones (excluding diaryl/α,β-unsaturated/α-hetero) is 1. The molecule has 44 heavy (non-hydrogen) atoms. The van der Waals surface area contributed by atoms with Crippen LogP contribution >= 0.6 is 0 Å². The van der Waals surface area contributed by atoms with E-state index in [1.54, 1.807) is 36.4 Å². The summed E-state index contributed by atoms with van der Waals surface area (Å²) in [6.07, 6.45) is 0.939.